The second kappa shape index (κ2) is 5.00. The molecule has 2 aromatic rings. The summed E-state index contributed by atoms with van der Waals surface area (Å²) in [5.74, 6) is 0. The van der Waals surface area contributed by atoms with Gasteiger partial charge < -0.3 is 9.80 Å². The van der Waals surface area contributed by atoms with Crippen molar-refractivity contribution in [1.82, 2.24) is 0 Å². The highest BCUT2D eigenvalue weighted by atomic mass is 16.1. The average molecular weight is 266 g/mol. The van der Waals surface area contributed by atoms with Crippen LogP contribution in [0.3, 0.4) is 0 Å². The Morgan fingerprint density at radius 1 is 1.05 bits per heavy atom. The lowest BCUT2D eigenvalue weighted by molar-refractivity contribution is 0.112. The summed E-state index contributed by atoms with van der Waals surface area (Å²) in [6.07, 6.45) is 0.914. The molecule has 0 amide bonds. The first-order valence-electron chi connectivity index (χ1n) is 6.84. The van der Waals surface area contributed by atoms with Crippen molar-refractivity contribution in [3.05, 3.63) is 53.6 Å². The first-order valence-corrected chi connectivity index (χ1v) is 6.84. The van der Waals surface area contributed by atoms with Crippen LogP contribution in [0.1, 0.15) is 15.9 Å². The molecule has 1 heterocycles. The van der Waals surface area contributed by atoms with Crippen molar-refractivity contribution in [3.8, 4) is 0 Å². The fraction of sp³-hybridized carbons (Fsp3) is 0.235. The van der Waals surface area contributed by atoms with Crippen LogP contribution in [-0.4, -0.2) is 26.4 Å². The maximum absolute atomic E-state index is 10.9. The molecule has 0 fully saturated rings. The van der Waals surface area contributed by atoms with Gasteiger partial charge in [0.15, 0.2) is 0 Å². The lowest BCUT2D eigenvalue weighted by Crippen LogP contribution is -2.36. The van der Waals surface area contributed by atoms with Gasteiger partial charge in [0, 0.05) is 31.4 Å². The molecular weight excluding hydrogens is 248 g/mol. The first kappa shape index (κ1) is 12.7. The minimum Gasteiger partial charge on any atom is -0.371 e. The molecule has 0 atom stereocenters. The zero-order valence-electron chi connectivity index (χ0n) is 11.8. The van der Waals surface area contributed by atoms with E-state index in [0.717, 1.165) is 36.2 Å². The SMILES string of the molecule is Cc1cc(N2CCN(C)c3ccccc32)ccc1C=O. The predicted molar refractivity (Wildman–Crippen MR) is 83.3 cm³/mol. The van der Waals surface area contributed by atoms with Crippen LogP contribution in [0.15, 0.2) is 42.5 Å². The Morgan fingerprint density at radius 3 is 2.50 bits per heavy atom. The number of anilines is 3. The monoisotopic (exact) mass is 266 g/mol. The highest BCUT2D eigenvalue weighted by Gasteiger charge is 2.21. The van der Waals surface area contributed by atoms with E-state index in [0.29, 0.717) is 0 Å². The maximum atomic E-state index is 10.9. The summed E-state index contributed by atoms with van der Waals surface area (Å²) in [4.78, 5) is 15.5. The summed E-state index contributed by atoms with van der Waals surface area (Å²) in [6, 6.07) is 14.4. The Hall–Kier alpha value is -2.29. The molecule has 2 aromatic carbocycles. The van der Waals surface area contributed by atoms with Gasteiger partial charge in [0.25, 0.3) is 0 Å². The zero-order valence-corrected chi connectivity index (χ0v) is 11.8. The van der Waals surface area contributed by atoms with Crippen LogP contribution < -0.4 is 9.80 Å². The summed E-state index contributed by atoms with van der Waals surface area (Å²) >= 11 is 0. The zero-order chi connectivity index (χ0) is 14.1. The van der Waals surface area contributed by atoms with Gasteiger partial charge in [-0.2, -0.15) is 0 Å². The molecule has 0 aliphatic carbocycles. The summed E-state index contributed by atoms with van der Waals surface area (Å²) in [6.45, 7) is 3.92. The van der Waals surface area contributed by atoms with Gasteiger partial charge in [-0.3, -0.25) is 4.79 Å². The standard InChI is InChI=1S/C17H18N2O/c1-13-11-15(8-7-14(13)12-20)19-10-9-18(2)16-5-3-4-6-17(16)19/h3-8,11-12H,9-10H2,1-2H3. The van der Waals surface area contributed by atoms with Crippen molar-refractivity contribution >= 4 is 23.3 Å². The molecule has 0 radical (unpaired) electrons. The largest absolute Gasteiger partial charge is 0.371 e. The van der Waals surface area contributed by atoms with E-state index in [4.69, 9.17) is 0 Å². The molecule has 0 N–H and O–H groups in total. The van der Waals surface area contributed by atoms with Gasteiger partial charge in [0.1, 0.15) is 6.29 Å². The Morgan fingerprint density at radius 2 is 1.80 bits per heavy atom. The van der Waals surface area contributed by atoms with Crippen molar-refractivity contribution in [2.45, 2.75) is 6.92 Å². The molecule has 20 heavy (non-hydrogen) atoms. The molecule has 0 spiro atoms. The fourth-order valence-electron chi connectivity index (χ4n) is 2.73. The minimum absolute atomic E-state index is 0.760. The molecule has 1 aliphatic heterocycles. The van der Waals surface area contributed by atoms with E-state index in [1.807, 2.05) is 19.1 Å². The number of likely N-dealkylation sites (N-methyl/N-ethyl adjacent to an activating group) is 1. The number of nitrogens with zero attached hydrogens (tertiary/aromatic N) is 2. The van der Waals surface area contributed by atoms with Gasteiger partial charge in [-0.25, -0.2) is 0 Å². The van der Waals surface area contributed by atoms with E-state index in [1.165, 1.54) is 11.4 Å². The van der Waals surface area contributed by atoms with Crippen molar-refractivity contribution in [3.63, 3.8) is 0 Å². The van der Waals surface area contributed by atoms with E-state index < -0.39 is 0 Å². The van der Waals surface area contributed by atoms with Crippen LogP contribution >= 0.6 is 0 Å². The lowest BCUT2D eigenvalue weighted by atomic mass is 10.1. The smallest absolute Gasteiger partial charge is 0.150 e. The van der Waals surface area contributed by atoms with Crippen molar-refractivity contribution < 1.29 is 4.79 Å². The van der Waals surface area contributed by atoms with Gasteiger partial charge >= 0.3 is 0 Å². The van der Waals surface area contributed by atoms with Crippen LogP contribution in [0.2, 0.25) is 0 Å². The molecule has 0 saturated carbocycles. The van der Waals surface area contributed by atoms with Crippen LogP contribution in [0.4, 0.5) is 17.1 Å². The molecule has 3 rings (SSSR count). The lowest BCUT2D eigenvalue weighted by Gasteiger charge is -2.37. The minimum atomic E-state index is 0.760. The van der Waals surface area contributed by atoms with Gasteiger partial charge in [-0.05, 0) is 42.8 Å². The number of aldehydes is 1. The Labute approximate surface area is 119 Å². The molecular formula is C17H18N2O. The van der Waals surface area contributed by atoms with Crippen molar-refractivity contribution in [2.24, 2.45) is 0 Å². The van der Waals surface area contributed by atoms with Crippen molar-refractivity contribution in [2.75, 3.05) is 29.9 Å². The van der Waals surface area contributed by atoms with E-state index >= 15 is 0 Å². The fourth-order valence-corrected chi connectivity index (χ4v) is 2.73. The second-order valence-corrected chi connectivity index (χ2v) is 5.22. The van der Waals surface area contributed by atoms with Gasteiger partial charge in [0.05, 0.1) is 11.4 Å². The number of aryl methyl sites for hydroxylation is 1. The Kier molecular flexibility index (Phi) is 3.18. The van der Waals surface area contributed by atoms with Crippen molar-refractivity contribution in [1.29, 1.82) is 0 Å². The predicted octanol–water partition coefficient (Wildman–Crippen LogP) is 3.40. The molecule has 0 unspecified atom stereocenters. The Bertz CT molecular complexity index is 651. The number of carbonyl (C=O) groups is 1. The van der Waals surface area contributed by atoms with Crippen LogP contribution in [0, 0.1) is 6.92 Å². The molecule has 0 bridgehead atoms. The number of fused-ring (bicyclic) bond motifs is 1. The highest BCUT2D eigenvalue weighted by molar-refractivity contribution is 5.82. The number of hydrogen-bond donors (Lipinski definition) is 0. The third-order valence-electron chi connectivity index (χ3n) is 3.93. The van der Waals surface area contributed by atoms with Crippen LogP contribution in [-0.2, 0) is 0 Å². The number of benzene rings is 2. The summed E-state index contributed by atoms with van der Waals surface area (Å²) < 4.78 is 0. The molecule has 1 aliphatic rings. The molecule has 0 aromatic heterocycles. The number of rotatable bonds is 2. The van der Waals surface area contributed by atoms with Gasteiger partial charge in [-0.15, -0.1) is 0 Å². The number of carbonyl (C=O) groups excluding carboxylic acids is 1. The van der Waals surface area contributed by atoms with Gasteiger partial charge in [-0.1, -0.05) is 12.1 Å². The summed E-state index contributed by atoms with van der Waals surface area (Å²) in [5.41, 5.74) is 5.40. The number of para-hydroxylation sites is 2. The number of hydrogen-bond acceptors (Lipinski definition) is 3. The van der Waals surface area contributed by atoms with E-state index in [1.54, 1.807) is 0 Å². The normalized spacial score (nSPS) is 14.1. The molecule has 3 nitrogen and oxygen atoms in total. The average Bonchev–Trinajstić information content (AvgIpc) is 2.48. The highest BCUT2D eigenvalue weighted by Crippen LogP contribution is 2.37. The summed E-state index contributed by atoms with van der Waals surface area (Å²) in [5, 5.41) is 0. The quantitative estimate of drug-likeness (QED) is 0.778. The Balaban J connectivity index is 2.05. The van der Waals surface area contributed by atoms with Gasteiger partial charge in [0.2, 0.25) is 0 Å². The first-order chi connectivity index (χ1) is 9.70. The second-order valence-electron chi connectivity index (χ2n) is 5.22. The van der Waals surface area contributed by atoms with E-state index in [2.05, 4.69) is 47.2 Å². The topological polar surface area (TPSA) is 23.6 Å². The van der Waals surface area contributed by atoms with E-state index in [-0.39, 0.29) is 0 Å². The molecule has 102 valence electrons. The van der Waals surface area contributed by atoms with Crippen LogP contribution in [0.5, 0.6) is 0 Å². The third-order valence-corrected chi connectivity index (χ3v) is 3.93. The molecule has 3 heteroatoms. The molecule has 0 saturated heterocycles. The summed E-state index contributed by atoms with van der Waals surface area (Å²) in [7, 11) is 2.12. The maximum Gasteiger partial charge on any atom is 0.150 e. The van der Waals surface area contributed by atoms with Crippen LogP contribution in [0.25, 0.3) is 0 Å². The third kappa shape index (κ3) is 2.05. The van der Waals surface area contributed by atoms with E-state index in [9.17, 15) is 4.79 Å².